The van der Waals surface area contributed by atoms with Crippen LogP contribution >= 0.6 is 12.6 Å². The van der Waals surface area contributed by atoms with Crippen molar-refractivity contribution in [3.05, 3.63) is 11.0 Å². The molecule has 0 fully saturated rings. The van der Waals surface area contributed by atoms with Crippen molar-refractivity contribution in [1.82, 2.24) is 0 Å². The molecule has 3 unspecified atom stereocenters. The van der Waals surface area contributed by atoms with Crippen molar-refractivity contribution < 1.29 is 9.84 Å². The molecule has 0 spiro atoms. The van der Waals surface area contributed by atoms with Gasteiger partial charge < -0.3 is 9.84 Å². The van der Waals surface area contributed by atoms with Crippen molar-refractivity contribution in [3.8, 4) is 0 Å². The van der Waals surface area contributed by atoms with Crippen molar-refractivity contribution in [2.75, 3.05) is 6.61 Å². The summed E-state index contributed by atoms with van der Waals surface area (Å²) in [6, 6.07) is 0. The van der Waals surface area contributed by atoms with E-state index in [0.29, 0.717) is 12.7 Å². The summed E-state index contributed by atoms with van der Waals surface area (Å²) in [4.78, 5) is 0.796. The Morgan fingerprint density at radius 1 is 1.67 bits per heavy atom. The fourth-order valence-electron chi connectivity index (χ4n) is 1.79. The number of rotatable bonds is 6. The lowest BCUT2D eigenvalue weighted by Gasteiger charge is -2.19. The Labute approximate surface area is 98.1 Å². The van der Waals surface area contributed by atoms with E-state index in [1.807, 2.05) is 6.08 Å². The van der Waals surface area contributed by atoms with Crippen molar-refractivity contribution >= 4 is 12.6 Å². The molecule has 2 nitrogen and oxygen atoms in total. The van der Waals surface area contributed by atoms with Crippen LogP contribution < -0.4 is 0 Å². The molecule has 3 atom stereocenters. The molecule has 15 heavy (non-hydrogen) atoms. The van der Waals surface area contributed by atoms with Gasteiger partial charge in [0.2, 0.25) is 0 Å². The van der Waals surface area contributed by atoms with Crippen molar-refractivity contribution in [2.24, 2.45) is 5.92 Å². The van der Waals surface area contributed by atoms with E-state index in [1.54, 1.807) is 0 Å². The molecule has 1 aliphatic carbocycles. The van der Waals surface area contributed by atoms with E-state index in [4.69, 9.17) is 4.74 Å². The van der Waals surface area contributed by atoms with Gasteiger partial charge >= 0.3 is 0 Å². The van der Waals surface area contributed by atoms with Crippen molar-refractivity contribution in [1.29, 1.82) is 0 Å². The Bertz CT molecular complexity index is 216. The predicted molar refractivity (Wildman–Crippen MR) is 66.1 cm³/mol. The molecule has 0 aliphatic heterocycles. The van der Waals surface area contributed by atoms with E-state index in [1.165, 1.54) is 12.8 Å². The van der Waals surface area contributed by atoms with E-state index in [9.17, 15) is 5.11 Å². The summed E-state index contributed by atoms with van der Waals surface area (Å²) in [5.41, 5.74) is 0. The Morgan fingerprint density at radius 3 is 2.93 bits per heavy atom. The van der Waals surface area contributed by atoms with Gasteiger partial charge in [-0.25, -0.2) is 0 Å². The molecule has 0 saturated heterocycles. The minimum atomic E-state index is -0.410. The van der Waals surface area contributed by atoms with E-state index in [2.05, 4.69) is 26.5 Å². The second-order valence-corrected chi connectivity index (χ2v) is 4.87. The van der Waals surface area contributed by atoms with Crippen LogP contribution in [0, 0.1) is 5.92 Å². The van der Waals surface area contributed by atoms with E-state index >= 15 is 0 Å². The summed E-state index contributed by atoms with van der Waals surface area (Å²) in [5, 5.41) is 9.72. The van der Waals surface area contributed by atoms with Crippen LogP contribution in [0.4, 0.5) is 0 Å². The number of thiol groups is 1. The van der Waals surface area contributed by atoms with Crippen LogP contribution in [-0.2, 0) is 4.74 Å². The van der Waals surface area contributed by atoms with Crippen molar-refractivity contribution in [3.63, 3.8) is 0 Å². The number of ether oxygens (including phenoxy) is 1. The molecule has 0 amide bonds. The van der Waals surface area contributed by atoms with Gasteiger partial charge in [0.25, 0.3) is 0 Å². The van der Waals surface area contributed by atoms with Crippen LogP contribution in [-0.4, -0.2) is 23.9 Å². The van der Waals surface area contributed by atoms with Gasteiger partial charge in [0.05, 0.1) is 18.8 Å². The van der Waals surface area contributed by atoms with Gasteiger partial charge in [-0.2, -0.15) is 0 Å². The highest BCUT2D eigenvalue weighted by Gasteiger charge is 2.26. The maximum Gasteiger partial charge on any atom is 0.0895 e. The largest absolute Gasteiger partial charge is 0.388 e. The topological polar surface area (TPSA) is 29.5 Å². The summed E-state index contributed by atoms with van der Waals surface area (Å²) in [5.74, 6) is 0.210. The molecule has 3 heteroatoms. The van der Waals surface area contributed by atoms with Crippen LogP contribution in [0.25, 0.3) is 0 Å². The zero-order valence-corrected chi connectivity index (χ0v) is 10.5. The van der Waals surface area contributed by atoms with Crippen LogP contribution in [0.2, 0.25) is 0 Å². The summed E-state index contributed by atoms with van der Waals surface area (Å²) in [6.45, 7) is 4.93. The number of unbranched alkanes of at least 4 members (excludes halogenated alkanes) is 1. The third kappa shape index (κ3) is 4.17. The average molecular weight is 230 g/mol. The second kappa shape index (κ2) is 6.56. The van der Waals surface area contributed by atoms with E-state index < -0.39 is 6.10 Å². The molecular formula is C12H22O2S. The lowest BCUT2D eigenvalue weighted by molar-refractivity contribution is 0.00904. The zero-order chi connectivity index (χ0) is 11.3. The summed E-state index contributed by atoms with van der Waals surface area (Å²) < 4.78 is 5.72. The van der Waals surface area contributed by atoms with Crippen LogP contribution in [0.15, 0.2) is 11.0 Å². The third-order valence-corrected chi connectivity index (χ3v) is 3.39. The first-order chi connectivity index (χ1) is 7.15. The maximum atomic E-state index is 9.72. The molecule has 0 aromatic heterocycles. The average Bonchev–Trinajstić information content (AvgIpc) is 2.54. The first kappa shape index (κ1) is 13.1. The first-order valence-electron chi connectivity index (χ1n) is 5.83. The number of hydrogen-bond donors (Lipinski definition) is 2. The second-order valence-electron chi connectivity index (χ2n) is 4.36. The normalized spacial score (nSPS) is 27.9. The molecule has 1 aliphatic rings. The van der Waals surface area contributed by atoms with Crippen LogP contribution in [0.3, 0.4) is 0 Å². The Morgan fingerprint density at radius 2 is 2.40 bits per heavy atom. The molecule has 1 rings (SSSR count). The predicted octanol–water partition coefficient (Wildman–Crippen LogP) is 2.78. The van der Waals surface area contributed by atoms with Crippen LogP contribution in [0.5, 0.6) is 0 Å². The van der Waals surface area contributed by atoms with Crippen LogP contribution in [0.1, 0.15) is 39.5 Å². The standard InChI is InChI=1S/C12H22O2S/c1-3-4-5-9(2)14-8-10-6-7-11(15)12(10)13/h7,9-10,12-13,15H,3-6,8H2,1-2H3. The van der Waals surface area contributed by atoms with Gasteiger partial charge in [-0.3, -0.25) is 0 Å². The summed E-state index contributed by atoms with van der Waals surface area (Å²) in [7, 11) is 0. The van der Waals surface area contributed by atoms with Gasteiger partial charge in [0.1, 0.15) is 0 Å². The minimum absolute atomic E-state index is 0.210. The molecule has 0 radical (unpaired) electrons. The number of aliphatic hydroxyl groups is 1. The quantitative estimate of drug-likeness (QED) is 0.687. The molecule has 0 aromatic carbocycles. The highest BCUT2D eigenvalue weighted by Crippen LogP contribution is 2.28. The fraction of sp³-hybridized carbons (Fsp3) is 0.833. The molecular weight excluding hydrogens is 208 g/mol. The van der Waals surface area contributed by atoms with Gasteiger partial charge in [0.15, 0.2) is 0 Å². The molecule has 0 saturated carbocycles. The van der Waals surface area contributed by atoms with Gasteiger partial charge in [-0.1, -0.05) is 25.8 Å². The smallest absolute Gasteiger partial charge is 0.0895 e. The lowest BCUT2D eigenvalue weighted by atomic mass is 10.1. The molecule has 0 heterocycles. The van der Waals surface area contributed by atoms with E-state index in [-0.39, 0.29) is 5.92 Å². The Kier molecular flexibility index (Phi) is 5.72. The Balaban J connectivity index is 2.15. The molecule has 0 bridgehead atoms. The highest BCUT2D eigenvalue weighted by atomic mass is 32.1. The minimum Gasteiger partial charge on any atom is -0.388 e. The fourth-order valence-corrected chi connectivity index (χ4v) is 2.10. The number of aliphatic hydroxyl groups excluding tert-OH is 1. The Hall–Kier alpha value is 0.01000. The first-order valence-corrected chi connectivity index (χ1v) is 6.28. The molecule has 0 aromatic rings. The number of allylic oxidation sites excluding steroid dienone is 1. The highest BCUT2D eigenvalue weighted by molar-refractivity contribution is 7.84. The summed E-state index contributed by atoms with van der Waals surface area (Å²) in [6.07, 6.45) is 6.30. The monoisotopic (exact) mass is 230 g/mol. The van der Waals surface area contributed by atoms with Crippen molar-refractivity contribution in [2.45, 2.75) is 51.7 Å². The lowest BCUT2D eigenvalue weighted by Crippen LogP contribution is -2.23. The SMILES string of the molecule is CCCCC(C)OCC1CC=C(S)C1O. The summed E-state index contributed by atoms with van der Waals surface area (Å²) >= 11 is 4.20. The van der Waals surface area contributed by atoms with E-state index in [0.717, 1.165) is 17.7 Å². The van der Waals surface area contributed by atoms with Gasteiger partial charge in [-0.05, 0) is 19.8 Å². The number of hydrogen-bond acceptors (Lipinski definition) is 3. The van der Waals surface area contributed by atoms with Gasteiger partial charge in [0, 0.05) is 10.8 Å². The van der Waals surface area contributed by atoms with Gasteiger partial charge in [-0.15, -0.1) is 12.6 Å². The maximum absolute atomic E-state index is 9.72. The molecule has 1 N–H and O–H groups in total. The molecule has 88 valence electrons. The third-order valence-electron chi connectivity index (χ3n) is 2.94. The zero-order valence-electron chi connectivity index (χ0n) is 9.65.